The Bertz CT molecular complexity index is 451. The van der Waals surface area contributed by atoms with Gasteiger partial charge >= 0.3 is 0 Å². The molecule has 0 heterocycles. The third kappa shape index (κ3) is 5.93. The number of nitrogens with zero attached hydrogens (tertiary/aromatic N) is 1. The Hall–Kier alpha value is -1.75. The molecule has 1 saturated carbocycles. The molecule has 0 unspecified atom stereocenters. The minimum atomic E-state index is 0.411. The second-order valence-electron chi connectivity index (χ2n) is 5.60. The minimum absolute atomic E-state index is 0.411. The Morgan fingerprint density at radius 2 is 1.86 bits per heavy atom. The van der Waals surface area contributed by atoms with Crippen LogP contribution < -0.4 is 15.8 Å². The molecule has 1 aliphatic carbocycles. The van der Waals surface area contributed by atoms with Gasteiger partial charge in [0.1, 0.15) is 5.75 Å². The zero-order valence-corrected chi connectivity index (χ0v) is 13.4. The summed E-state index contributed by atoms with van der Waals surface area (Å²) in [4.78, 5) is 4.30. The molecule has 1 aromatic rings. The number of methoxy groups -OCH3 is 1. The second kappa shape index (κ2) is 9.30. The van der Waals surface area contributed by atoms with Crippen LogP contribution >= 0.6 is 0 Å². The Balaban J connectivity index is 1.68. The number of hydrogen-bond acceptors (Lipinski definition) is 3. The van der Waals surface area contributed by atoms with E-state index in [4.69, 9.17) is 15.2 Å². The third-order valence-electron chi connectivity index (χ3n) is 3.89. The fourth-order valence-electron chi connectivity index (χ4n) is 2.66. The number of benzene rings is 1. The Labute approximate surface area is 132 Å². The molecule has 0 bridgehead atoms. The maximum atomic E-state index is 5.89. The Morgan fingerprint density at radius 1 is 1.18 bits per heavy atom. The number of aliphatic imine (C=N–C) groups is 1. The molecule has 1 aliphatic rings. The van der Waals surface area contributed by atoms with Gasteiger partial charge in [-0.25, -0.2) is 0 Å². The lowest BCUT2D eigenvalue weighted by molar-refractivity contribution is 0.0487. The van der Waals surface area contributed by atoms with Gasteiger partial charge in [0, 0.05) is 5.69 Å². The third-order valence-corrected chi connectivity index (χ3v) is 3.89. The van der Waals surface area contributed by atoms with E-state index in [2.05, 4.69) is 10.3 Å². The summed E-state index contributed by atoms with van der Waals surface area (Å²) in [5.41, 5.74) is 6.77. The van der Waals surface area contributed by atoms with Crippen LogP contribution in [0.1, 0.15) is 38.5 Å². The topological polar surface area (TPSA) is 68.9 Å². The fraction of sp³-hybridized carbons (Fsp3) is 0.588. The number of rotatable bonds is 6. The monoisotopic (exact) mass is 305 g/mol. The molecule has 0 saturated heterocycles. The first-order valence-corrected chi connectivity index (χ1v) is 8.10. The Morgan fingerprint density at radius 3 is 2.50 bits per heavy atom. The first-order valence-electron chi connectivity index (χ1n) is 8.10. The van der Waals surface area contributed by atoms with Crippen LogP contribution in [0.5, 0.6) is 5.75 Å². The van der Waals surface area contributed by atoms with Crippen LogP contribution in [-0.2, 0) is 4.74 Å². The van der Waals surface area contributed by atoms with E-state index in [1.165, 1.54) is 38.5 Å². The van der Waals surface area contributed by atoms with Crippen molar-refractivity contribution in [2.45, 2.75) is 44.6 Å². The van der Waals surface area contributed by atoms with E-state index >= 15 is 0 Å². The van der Waals surface area contributed by atoms with E-state index < -0.39 is 0 Å². The standard InChI is InChI=1S/C17H27N3O2/c1-21-15-10-8-14(9-11-15)20-17(18)19-12-13-22-16-6-4-2-3-5-7-16/h8-11,16H,2-7,12-13H2,1H3,(H3,18,19,20). The number of nitrogens with one attached hydrogen (secondary N) is 1. The molecule has 5 heteroatoms. The van der Waals surface area contributed by atoms with Crippen LogP contribution in [0.4, 0.5) is 5.69 Å². The molecule has 22 heavy (non-hydrogen) atoms. The molecule has 5 nitrogen and oxygen atoms in total. The maximum absolute atomic E-state index is 5.89. The molecule has 0 amide bonds. The van der Waals surface area contributed by atoms with Crippen LogP contribution in [0.2, 0.25) is 0 Å². The number of hydrogen-bond donors (Lipinski definition) is 2. The molecule has 122 valence electrons. The highest BCUT2D eigenvalue weighted by atomic mass is 16.5. The minimum Gasteiger partial charge on any atom is -0.497 e. The van der Waals surface area contributed by atoms with Gasteiger partial charge in [-0.15, -0.1) is 0 Å². The van der Waals surface area contributed by atoms with E-state index in [9.17, 15) is 0 Å². The molecule has 0 atom stereocenters. The van der Waals surface area contributed by atoms with Gasteiger partial charge in [-0.3, -0.25) is 4.99 Å². The summed E-state index contributed by atoms with van der Waals surface area (Å²) in [6, 6.07) is 7.57. The van der Waals surface area contributed by atoms with Crippen molar-refractivity contribution in [3.63, 3.8) is 0 Å². The molecule has 0 aromatic heterocycles. The highest BCUT2D eigenvalue weighted by Crippen LogP contribution is 2.19. The van der Waals surface area contributed by atoms with Crippen LogP contribution in [-0.4, -0.2) is 32.3 Å². The molecule has 1 fully saturated rings. The van der Waals surface area contributed by atoms with Gasteiger partial charge in [-0.1, -0.05) is 25.7 Å². The number of anilines is 1. The molecular weight excluding hydrogens is 278 g/mol. The summed E-state index contributed by atoms with van der Waals surface area (Å²) >= 11 is 0. The zero-order valence-electron chi connectivity index (χ0n) is 13.4. The van der Waals surface area contributed by atoms with Crippen molar-refractivity contribution >= 4 is 11.6 Å². The van der Waals surface area contributed by atoms with Gasteiger partial charge in [0.2, 0.25) is 0 Å². The number of ether oxygens (including phenoxy) is 2. The van der Waals surface area contributed by atoms with Gasteiger partial charge in [0.05, 0.1) is 26.4 Å². The largest absolute Gasteiger partial charge is 0.497 e. The predicted molar refractivity (Wildman–Crippen MR) is 90.5 cm³/mol. The van der Waals surface area contributed by atoms with Crippen LogP contribution in [0, 0.1) is 0 Å². The van der Waals surface area contributed by atoms with E-state index in [0.29, 0.717) is 25.2 Å². The summed E-state index contributed by atoms with van der Waals surface area (Å²) in [5.74, 6) is 1.23. The summed E-state index contributed by atoms with van der Waals surface area (Å²) in [6.07, 6.45) is 8.04. The SMILES string of the molecule is COc1ccc(NC(N)=NCCOC2CCCCCC2)cc1. The van der Waals surface area contributed by atoms with Crippen molar-refractivity contribution in [1.82, 2.24) is 0 Å². The van der Waals surface area contributed by atoms with Crippen molar-refractivity contribution in [3.05, 3.63) is 24.3 Å². The maximum Gasteiger partial charge on any atom is 0.193 e. The van der Waals surface area contributed by atoms with Crippen molar-refractivity contribution in [2.24, 2.45) is 10.7 Å². The number of nitrogens with two attached hydrogens (primary N) is 1. The van der Waals surface area contributed by atoms with Crippen molar-refractivity contribution in [1.29, 1.82) is 0 Å². The van der Waals surface area contributed by atoms with Crippen LogP contribution in [0.25, 0.3) is 0 Å². The average Bonchev–Trinajstić information content (AvgIpc) is 2.81. The highest BCUT2D eigenvalue weighted by molar-refractivity contribution is 5.92. The van der Waals surface area contributed by atoms with E-state index in [0.717, 1.165) is 11.4 Å². The van der Waals surface area contributed by atoms with Crippen molar-refractivity contribution < 1.29 is 9.47 Å². The molecule has 0 spiro atoms. The van der Waals surface area contributed by atoms with E-state index in [1.54, 1.807) is 7.11 Å². The normalized spacial score (nSPS) is 17.0. The fourth-order valence-corrected chi connectivity index (χ4v) is 2.66. The van der Waals surface area contributed by atoms with E-state index in [-0.39, 0.29) is 0 Å². The molecule has 0 aliphatic heterocycles. The Kier molecular flexibility index (Phi) is 7.03. The van der Waals surface area contributed by atoms with Gasteiger partial charge in [0.15, 0.2) is 5.96 Å². The summed E-state index contributed by atoms with van der Waals surface area (Å²) in [5, 5.41) is 3.06. The highest BCUT2D eigenvalue weighted by Gasteiger charge is 2.11. The number of guanidine groups is 1. The zero-order chi connectivity index (χ0) is 15.6. The first-order chi connectivity index (χ1) is 10.8. The first kappa shape index (κ1) is 16.6. The molecule has 2 rings (SSSR count). The average molecular weight is 305 g/mol. The van der Waals surface area contributed by atoms with Crippen LogP contribution in [0.3, 0.4) is 0 Å². The van der Waals surface area contributed by atoms with Crippen molar-refractivity contribution in [3.8, 4) is 5.75 Å². The molecule has 3 N–H and O–H groups in total. The smallest absolute Gasteiger partial charge is 0.193 e. The summed E-state index contributed by atoms with van der Waals surface area (Å²) < 4.78 is 11.0. The summed E-state index contributed by atoms with van der Waals surface area (Å²) in [6.45, 7) is 1.22. The predicted octanol–water partition coefficient (Wildman–Crippen LogP) is 3.16. The quantitative estimate of drug-likeness (QED) is 0.366. The lowest BCUT2D eigenvalue weighted by Gasteiger charge is -2.14. The van der Waals surface area contributed by atoms with Gasteiger partial charge in [0.25, 0.3) is 0 Å². The lowest BCUT2D eigenvalue weighted by Crippen LogP contribution is -2.23. The molecular formula is C17H27N3O2. The van der Waals surface area contributed by atoms with Crippen molar-refractivity contribution in [2.75, 3.05) is 25.6 Å². The molecule has 1 aromatic carbocycles. The van der Waals surface area contributed by atoms with Gasteiger partial charge < -0.3 is 20.5 Å². The van der Waals surface area contributed by atoms with Gasteiger partial charge in [-0.05, 0) is 37.1 Å². The summed E-state index contributed by atoms with van der Waals surface area (Å²) in [7, 11) is 1.65. The van der Waals surface area contributed by atoms with E-state index in [1.807, 2.05) is 24.3 Å². The van der Waals surface area contributed by atoms with Gasteiger partial charge in [-0.2, -0.15) is 0 Å². The second-order valence-corrected chi connectivity index (χ2v) is 5.60. The molecule has 0 radical (unpaired) electrons. The lowest BCUT2D eigenvalue weighted by atomic mass is 10.1. The van der Waals surface area contributed by atoms with Crippen LogP contribution in [0.15, 0.2) is 29.3 Å².